The van der Waals surface area contributed by atoms with E-state index in [1.54, 1.807) is 12.1 Å². The summed E-state index contributed by atoms with van der Waals surface area (Å²) in [7, 11) is 0. The number of fused-ring (bicyclic) bond motifs is 3. The number of nitrogens with zero attached hydrogens (tertiary/aromatic N) is 2. The van der Waals surface area contributed by atoms with Crippen LogP contribution in [0.25, 0.3) is 15.9 Å². The molecule has 1 aliphatic carbocycles. The van der Waals surface area contributed by atoms with Crippen LogP contribution in [0.5, 0.6) is 0 Å². The molecule has 2 N–H and O–H groups in total. The average Bonchev–Trinajstić information content (AvgIpc) is 2.99. The number of aromatic nitrogens is 2. The summed E-state index contributed by atoms with van der Waals surface area (Å²) in [6, 6.07) is 6.08. The quantitative estimate of drug-likeness (QED) is 0.550. The summed E-state index contributed by atoms with van der Waals surface area (Å²) >= 11 is 2.57. The van der Waals surface area contributed by atoms with Gasteiger partial charge in [0, 0.05) is 4.88 Å². The highest BCUT2D eigenvalue weighted by atomic mass is 32.2. The first kappa shape index (κ1) is 17.2. The van der Waals surface area contributed by atoms with Gasteiger partial charge in [-0.05, 0) is 43.4 Å². The molecule has 134 valence electrons. The summed E-state index contributed by atoms with van der Waals surface area (Å²) in [6.07, 6.45) is 3.93. The van der Waals surface area contributed by atoms with Crippen LogP contribution in [-0.2, 0) is 17.6 Å². The van der Waals surface area contributed by atoms with E-state index in [4.69, 9.17) is 5.73 Å². The molecule has 26 heavy (non-hydrogen) atoms. The maximum atomic E-state index is 14.4. The molecule has 0 spiro atoms. The summed E-state index contributed by atoms with van der Waals surface area (Å²) < 4.78 is 15.7. The first-order valence-corrected chi connectivity index (χ1v) is 10.1. The maximum Gasteiger partial charge on any atom is 0.267 e. The molecule has 2 heterocycles. The molecule has 0 saturated heterocycles. The maximum absolute atomic E-state index is 14.4. The number of rotatable bonds is 4. The molecular formula is C18H16FN3O2S2. The lowest BCUT2D eigenvalue weighted by Gasteiger charge is -2.13. The van der Waals surface area contributed by atoms with Gasteiger partial charge in [-0.25, -0.2) is 9.37 Å². The third-order valence-electron chi connectivity index (χ3n) is 4.40. The number of thiophene rings is 1. The minimum atomic E-state index is -0.519. The van der Waals surface area contributed by atoms with Crippen LogP contribution >= 0.6 is 23.1 Å². The van der Waals surface area contributed by atoms with Crippen molar-refractivity contribution >= 4 is 39.2 Å². The van der Waals surface area contributed by atoms with Crippen molar-refractivity contribution in [3.63, 3.8) is 0 Å². The third-order valence-corrected chi connectivity index (χ3v) is 6.54. The molecule has 0 fully saturated rings. The number of aryl methyl sites for hydroxylation is 2. The molecule has 5 nitrogen and oxygen atoms in total. The van der Waals surface area contributed by atoms with Gasteiger partial charge in [0.1, 0.15) is 10.6 Å². The first-order chi connectivity index (χ1) is 12.6. The SMILES string of the molecule is NC(=O)CSc1nc2sc3c(c2c(=O)n1-c1ccccc1F)CCCC3. The van der Waals surface area contributed by atoms with E-state index in [9.17, 15) is 14.0 Å². The van der Waals surface area contributed by atoms with E-state index in [-0.39, 0.29) is 22.2 Å². The van der Waals surface area contributed by atoms with Crippen molar-refractivity contribution in [1.82, 2.24) is 9.55 Å². The zero-order valence-corrected chi connectivity index (χ0v) is 15.5. The minimum absolute atomic E-state index is 0.0303. The number of hydrogen-bond donors (Lipinski definition) is 1. The summed E-state index contributed by atoms with van der Waals surface area (Å²) in [5, 5.41) is 0.862. The molecular weight excluding hydrogens is 373 g/mol. The second kappa shape index (κ2) is 6.85. The van der Waals surface area contributed by atoms with E-state index >= 15 is 0 Å². The van der Waals surface area contributed by atoms with Gasteiger partial charge in [0.2, 0.25) is 5.91 Å². The van der Waals surface area contributed by atoms with Gasteiger partial charge in [0.05, 0.1) is 16.8 Å². The van der Waals surface area contributed by atoms with Crippen molar-refractivity contribution in [3.05, 3.63) is 50.9 Å². The number of primary amides is 1. The fourth-order valence-electron chi connectivity index (χ4n) is 3.26. The predicted octanol–water partition coefficient (Wildman–Crippen LogP) is 3.04. The van der Waals surface area contributed by atoms with E-state index in [1.165, 1.54) is 32.9 Å². The fraction of sp³-hybridized carbons (Fsp3) is 0.278. The van der Waals surface area contributed by atoms with Crippen LogP contribution in [0.3, 0.4) is 0 Å². The van der Waals surface area contributed by atoms with Gasteiger partial charge in [-0.3, -0.25) is 14.2 Å². The van der Waals surface area contributed by atoms with Gasteiger partial charge in [-0.1, -0.05) is 23.9 Å². The molecule has 4 rings (SSSR count). The number of halogens is 1. The summed E-state index contributed by atoms with van der Waals surface area (Å²) in [5.41, 5.74) is 6.14. The van der Waals surface area contributed by atoms with E-state index in [2.05, 4.69) is 4.98 Å². The Morgan fingerprint density at radius 2 is 2.08 bits per heavy atom. The van der Waals surface area contributed by atoms with Crippen LogP contribution in [0, 0.1) is 5.82 Å². The molecule has 0 unspecified atom stereocenters. The number of carbonyl (C=O) groups is 1. The average molecular weight is 389 g/mol. The van der Waals surface area contributed by atoms with E-state index < -0.39 is 11.7 Å². The first-order valence-electron chi connectivity index (χ1n) is 8.29. The molecule has 8 heteroatoms. The van der Waals surface area contributed by atoms with Crippen molar-refractivity contribution < 1.29 is 9.18 Å². The Bertz CT molecular complexity index is 1070. The van der Waals surface area contributed by atoms with E-state index in [0.29, 0.717) is 10.2 Å². The Morgan fingerprint density at radius 1 is 1.31 bits per heavy atom. The minimum Gasteiger partial charge on any atom is -0.369 e. The third kappa shape index (κ3) is 2.93. The number of carbonyl (C=O) groups excluding carboxylic acids is 1. The van der Waals surface area contributed by atoms with Crippen LogP contribution in [0.1, 0.15) is 23.3 Å². The zero-order valence-electron chi connectivity index (χ0n) is 13.8. The molecule has 1 amide bonds. The van der Waals surface area contributed by atoms with Crippen molar-refractivity contribution in [3.8, 4) is 5.69 Å². The Balaban J connectivity index is 2.01. The smallest absolute Gasteiger partial charge is 0.267 e. The second-order valence-corrected chi connectivity index (χ2v) is 8.16. The Hall–Kier alpha value is -2.19. The molecule has 0 radical (unpaired) electrons. The predicted molar refractivity (Wildman–Crippen MR) is 102 cm³/mol. The van der Waals surface area contributed by atoms with Gasteiger partial charge in [0.25, 0.3) is 5.56 Å². The van der Waals surface area contributed by atoms with Crippen molar-refractivity contribution in [2.45, 2.75) is 30.8 Å². The van der Waals surface area contributed by atoms with Gasteiger partial charge < -0.3 is 5.73 Å². The Morgan fingerprint density at radius 3 is 2.85 bits per heavy atom. The molecule has 0 saturated carbocycles. The van der Waals surface area contributed by atoms with Crippen molar-refractivity contribution in [2.75, 3.05) is 5.75 Å². The number of thioether (sulfide) groups is 1. The van der Waals surface area contributed by atoms with Crippen LogP contribution in [-0.4, -0.2) is 21.2 Å². The van der Waals surface area contributed by atoms with Crippen LogP contribution < -0.4 is 11.3 Å². The molecule has 1 aliphatic rings. The lowest BCUT2D eigenvalue weighted by atomic mass is 9.97. The number of amides is 1. The van der Waals surface area contributed by atoms with Gasteiger partial charge in [-0.15, -0.1) is 11.3 Å². The van der Waals surface area contributed by atoms with E-state index in [0.717, 1.165) is 43.0 Å². The number of nitrogens with two attached hydrogens (primary N) is 1. The molecule has 3 aromatic rings. The monoisotopic (exact) mass is 389 g/mol. The van der Waals surface area contributed by atoms with E-state index in [1.807, 2.05) is 0 Å². The topological polar surface area (TPSA) is 78.0 Å². The molecule has 0 atom stereocenters. The summed E-state index contributed by atoms with van der Waals surface area (Å²) in [4.78, 5) is 31.0. The normalized spacial score (nSPS) is 13.7. The van der Waals surface area contributed by atoms with Gasteiger partial charge in [-0.2, -0.15) is 0 Å². The molecule has 0 bridgehead atoms. The fourth-order valence-corrected chi connectivity index (χ4v) is 5.31. The molecule has 2 aromatic heterocycles. The number of hydrogen-bond acceptors (Lipinski definition) is 5. The van der Waals surface area contributed by atoms with Crippen LogP contribution in [0.15, 0.2) is 34.2 Å². The standard InChI is InChI=1S/C18H16FN3O2S2/c19-11-6-2-3-7-12(11)22-17(24)15-10-5-1-4-8-13(10)26-16(15)21-18(22)25-9-14(20)23/h2-3,6-7H,1,4-5,8-9H2,(H2,20,23). The zero-order chi connectivity index (χ0) is 18.3. The largest absolute Gasteiger partial charge is 0.369 e. The summed E-state index contributed by atoms with van der Waals surface area (Å²) in [6.45, 7) is 0. The molecule has 1 aromatic carbocycles. The van der Waals surface area contributed by atoms with Crippen LogP contribution in [0.2, 0.25) is 0 Å². The van der Waals surface area contributed by atoms with Gasteiger partial charge >= 0.3 is 0 Å². The Kier molecular flexibility index (Phi) is 4.54. The second-order valence-electron chi connectivity index (χ2n) is 6.13. The Labute approximate surface area is 157 Å². The molecule has 0 aliphatic heterocycles. The highest BCUT2D eigenvalue weighted by Crippen LogP contribution is 2.35. The lowest BCUT2D eigenvalue weighted by Crippen LogP contribution is -2.24. The summed E-state index contributed by atoms with van der Waals surface area (Å²) in [5.74, 6) is -1.06. The highest BCUT2D eigenvalue weighted by Gasteiger charge is 2.23. The van der Waals surface area contributed by atoms with Crippen LogP contribution in [0.4, 0.5) is 4.39 Å². The van der Waals surface area contributed by atoms with Gasteiger partial charge in [0.15, 0.2) is 5.16 Å². The lowest BCUT2D eigenvalue weighted by molar-refractivity contribution is -0.115. The highest BCUT2D eigenvalue weighted by molar-refractivity contribution is 7.99. The number of para-hydroxylation sites is 1. The number of benzene rings is 1. The van der Waals surface area contributed by atoms with Crippen molar-refractivity contribution in [1.29, 1.82) is 0 Å². The van der Waals surface area contributed by atoms with Crippen molar-refractivity contribution in [2.24, 2.45) is 5.73 Å².